The number of ketones is 1. The number of nitro groups is 1. The number of aromatic nitrogens is 3. The minimum absolute atomic E-state index is 0.104. The molecule has 0 aliphatic carbocycles. The van der Waals surface area contributed by atoms with Gasteiger partial charge in [0.2, 0.25) is 5.78 Å². The fourth-order valence-electron chi connectivity index (χ4n) is 3.14. The number of rotatable bonds is 6. The first-order valence-corrected chi connectivity index (χ1v) is 9.45. The zero-order valence-electron chi connectivity index (χ0n) is 16.9. The Morgan fingerprint density at radius 2 is 1.65 bits per heavy atom. The molecule has 1 aromatic heterocycles. The van der Waals surface area contributed by atoms with Gasteiger partial charge in [-0.3, -0.25) is 14.9 Å². The minimum Gasteiger partial charge on any atom is -0.497 e. The summed E-state index contributed by atoms with van der Waals surface area (Å²) in [5.41, 5.74) is 2.62. The van der Waals surface area contributed by atoms with Crippen LogP contribution in [0.25, 0.3) is 16.9 Å². The van der Waals surface area contributed by atoms with Gasteiger partial charge in [-0.2, -0.15) is 0 Å². The largest absolute Gasteiger partial charge is 0.497 e. The maximum atomic E-state index is 13.3. The summed E-state index contributed by atoms with van der Waals surface area (Å²) in [7, 11) is 1.55. The molecular formula is C23H18N4O4. The van der Waals surface area contributed by atoms with Crippen LogP contribution in [0.3, 0.4) is 0 Å². The van der Waals surface area contributed by atoms with Crippen LogP contribution in [0.15, 0.2) is 72.8 Å². The van der Waals surface area contributed by atoms with E-state index in [-0.39, 0.29) is 22.9 Å². The lowest BCUT2D eigenvalue weighted by Crippen LogP contribution is -2.06. The number of aryl methyl sites for hydroxylation is 1. The smallest absolute Gasteiger partial charge is 0.296 e. The first-order valence-electron chi connectivity index (χ1n) is 9.45. The number of benzene rings is 3. The second-order valence-corrected chi connectivity index (χ2v) is 6.86. The van der Waals surface area contributed by atoms with Gasteiger partial charge < -0.3 is 4.74 Å². The van der Waals surface area contributed by atoms with Gasteiger partial charge in [0.25, 0.3) is 5.69 Å². The Balaban J connectivity index is 1.88. The predicted octanol–water partition coefficient (Wildman–Crippen LogP) is 4.39. The van der Waals surface area contributed by atoms with Gasteiger partial charge in [0, 0.05) is 17.2 Å². The third-order valence-corrected chi connectivity index (χ3v) is 4.80. The maximum Gasteiger partial charge on any atom is 0.296 e. The lowest BCUT2D eigenvalue weighted by molar-refractivity contribution is -0.384. The highest BCUT2D eigenvalue weighted by Gasteiger charge is 2.24. The fraction of sp³-hybridized carbons (Fsp3) is 0.0870. The van der Waals surface area contributed by atoms with E-state index in [1.807, 2.05) is 31.2 Å². The van der Waals surface area contributed by atoms with Gasteiger partial charge in [0.05, 0.1) is 12.0 Å². The molecule has 31 heavy (non-hydrogen) atoms. The van der Waals surface area contributed by atoms with Crippen molar-refractivity contribution in [1.82, 2.24) is 15.0 Å². The van der Waals surface area contributed by atoms with Crippen LogP contribution in [-0.4, -0.2) is 32.8 Å². The number of hydrogen-bond donors (Lipinski definition) is 0. The fourth-order valence-corrected chi connectivity index (χ4v) is 3.14. The van der Waals surface area contributed by atoms with Gasteiger partial charge in [0.15, 0.2) is 11.4 Å². The highest BCUT2D eigenvalue weighted by Crippen LogP contribution is 2.27. The molecule has 4 aromatic rings. The van der Waals surface area contributed by atoms with Gasteiger partial charge in [-0.25, -0.2) is 0 Å². The Morgan fingerprint density at radius 1 is 0.968 bits per heavy atom. The van der Waals surface area contributed by atoms with E-state index in [1.165, 1.54) is 6.07 Å². The molecule has 0 radical (unpaired) electrons. The number of para-hydroxylation sites is 2. The third kappa shape index (κ3) is 3.91. The van der Waals surface area contributed by atoms with Crippen LogP contribution < -0.4 is 4.74 Å². The molecule has 0 fully saturated rings. The molecule has 8 heteroatoms. The molecule has 4 rings (SSSR count). The standard InChI is InChI=1S/C23H18N4O4/c1-15-7-9-16(10-8-15)21-22(23(28)17-11-13-18(31-2)14-12-17)25-26(24-21)19-5-3-4-6-20(19)27(29)30/h3-14H,1-2H3. The minimum atomic E-state index is -0.505. The molecule has 0 aliphatic rings. The normalized spacial score (nSPS) is 10.6. The molecule has 0 N–H and O–H groups in total. The molecule has 0 saturated carbocycles. The van der Waals surface area contributed by atoms with Gasteiger partial charge in [-0.15, -0.1) is 15.0 Å². The molecule has 0 saturated heterocycles. The number of carbonyl (C=O) groups is 1. The molecule has 0 spiro atoms. The van der Waals surface area contributed by atoms with Crippen LogP contribution >= 0.6 is 0 Å². The summed E-state index contributed by atoms with van der Waals surface area (Å²) < 4.78 is 5.15. The SMILES string of the molecule is COc1ccc(C(=O)c2nn(-c3ccccc3[N+](=O)[O-])nc2-c2ccc(C)cc2)cc1. The summed E-state index contributed by atoms with van der Waals surface area (Å²) in [6.45, 7) is 1.96. The molecule has 0 atom stereocenters. The van der Waals surface area contributed by atoms with Crippen molar-refractivity contribution in [2.75, 3.05) is 7.11 Å². The van der Waals surface area contributed by atoms with Crippen LogP contribution in [0.5, 0.6) is 5.75 Å². The quantitative estimate of drug-likeness (QED) is 0.263. The summed E-state index contributed by atoms with van der Waals surface area (Å²) in [6, 6.07) is 20.3. The zero-order valence-corrected chi connectivity index (χ0v) is 16.9. The Bertz CT molecular complexity index is 1260. The van der Waals surface area contributed by atoms with Crippen LogP contribution in [0.1, 0.15) is 21.6 Å². The van der Waals surface area contributed by atoms with E-state index in [9.17, 15) is 14.9 Å². The van der Waals surface area contributed by atoms with Crippen molar-refractivity contribution in [3.8, 4) is 22.7 Å². The van der Waals surface area contributed by atoms with Crippen molar-refractivity contribution in [1.29, 1.82) is 0 Å². The number of nitrogens with zero attached hydrogens (tertiary/aromatic N) is 4. The van der Waals surface area contributed by atoms with E-state index >= 15 is 0 Å². The first kappa shape index (κ1) is 20.0. The number of methoxy groups -OCH3 is 1. The molecule has 0 amide bonds. The summed E-state index contributed by atoms with van der Waals surface area (Å²) in [5.74, 6) is 0.280. The topological polar surface area (TPSA) is 100 Å². The van der Waals surface area contributed by atoms with Crippen molar-refractivity contribution in [3.63, 3.8) is 0 Å². The highest BCUT2D eigenvalue weighted by atomic mass is 16.6. The summed E-state index contributed by atoms with van der Waals surface area (Å²) >= 11 is 0. The second-order valence-electron chi connectivity index (χ2n) is 6.86. The van der Waals surface area contributed by atoms with Crippen molar-refractivity contribution in [3.05, 3.63) is 99.7 Å². The van der Waals surface area contributed by atoms with Gasteiger partial charge >= 0.3 is 0 Å². The van der Waals surface area contributed by atoms with E-state index in [1.54, 1.807) is 49.6 Å². The van der Waals surface area contributed by atoms with Crippen molar-refractivity contribution in [2.24, 2.45) is 0 Å². The maximum absolute atomic E-state index is 13.3. The third-order valence-electron chi connectivity index (χ3n) is 4.80. The lowest BCUT2D eigenvalue weighted by Gasteiger charge is -2.03. The summed E-state index contributed by atoms with van der Waals surface area (Å²) in [5, 5.41) is 20.3. The molecule has 0 unspecified atom stereocenters. The summed E-state index contributed by atoms with van der Waals surface area (Å²) in [4.78, 5) is 25.4. The van der Waals surface area contributed by atoms with E-state index in [4.69, 9.17) is 4.74 Å². The Hall–Kier alpha value is -4.33. The van der Waals surface area contributed by atoms with Gasteiger partial charge in [-0.1, -0.05) is 42.0 Å². The molecule has 154 valence electrons. The number of nitro benzene ring substituents is 1. The number of ether oxygens (including phenoxy) is 1. The molecule has 0 bridgehead atoms. The van der Waals surface area contributed by atoms with Crippen LogP contribution in [0, 0.1) is 17.0 Å². The zero-order chi connectivity index (χ0) is 22.0. The molecule has 0 aliphatic heterocycles. The van der Waals surface area contributed by atoms with E-state index < -0.39 is 4.92 Å². The van der Waals surface area contributed by atoms with E-state index in [2.05, 4.69) is 10.2 Å². The Kier molecular flexibility index (Phi) is 5.28. The summed E-state index contributed by atoms with van der Waals surface area (Å²) in [6.07, 6.45) is 0. The monoisotopic (exact) mass is 414 g/mol. The van der Waals surface area contributed by atoms with Gasteiger partial charge in [0.1, 0.15) is 11.4 Å². The predicted molar refractivity (Wildman–Crippen MR) is 115 cm³/mol. The molecule has 1 heterocycles. The van der Waals surface area contributed by atoms with E-state index in [0.29, 0.717) is 22.6 Å². The number of carbonyl (C=O) groups excluding carboxylic acids is 1. The molecule has 8 nitrogen and oxygen atoms in total. The first-order chi connectivity index (χ1) is 15.0. The Morgan fingerprint density at radius 3 is 2.29 bits per heavy atom. The average molecular weight is 414 g/mol. The van der Waals surface area contributed by atoms with Crippen molar-refractivity contribution >= 4 is 11.5 Å². The van der Waals surface area contributed by atoms with Gasteiger partial charge in [-0.05, 0) is 37.3 Å². The number of hydrogen-bond acceptors (Lipinski definition) is 6. The lowest BCUT2D eigenvalue weighted by atomic mass is 10.0. The average Bonchev–Trinajstić information content (AvgIpc) is 3.24. The van der Waals surface area contributed by atoms with Crippen molar-refractivity contribution in [2.45, 2.75) is 6.92 Å². The van der Waals surface area contributed by atoms with Crippen LogP contribution in [0.2, 0.25) is 0 Å². The second kappa shape index (κ2) is 8.19. The molecular weight excluding hydrogens is 396 g/mol. The Labute approximate surface area is 177 Å². The molecule has 3 aromatic carbocycles. The van der Waals surface area contributed by atoms with Crippen LogP contribution in [0.4, 0.5) is 5.69 Å². The van der Waals surface area contributed by atoms with Crippen LogP contribution in [-0.2, 0) is 0 Å². The highest BCUT2D eigenvalue weighted by molar-refractivity contribution is 6.11. The van der Waals surface area contributed by atoms with E-state index in [0.717, 1.165) is 10.4 Å². The van der Waals surface area contributed by atoms with Crippen molar-refractivity contribution < 1.29 is 14.5 Å².